The first-order valence-electron chi connectivity index (χ1n) is 5.91. The van der Waals surface area contributed by atoms with Gasteiger partial charge in [-0.15, -0.1) is 0 Å². The van der Waals surface area contributed by atoms with Crippen molar-refractivity contribution in [3.63, 3.8) is 0 Å². The summed E-state index contributed by atoms with van der Waals surface area (Å²) in [6.45, 7) is 4.14. The highest BCUT2D eigenvalue weighted by Gasteiger charge is 2.21. The largest absolute Gasteiger partial charge is 0.381 e. The van der Waals surface area contributed by atoms with Crippen LogP contribution < -0.4 is 5.32 Å². The van der Waals surface area contributed by atoms with Crippen molar-refractivity contribution in [3.05, 3.63) is 35.4 Å². The number of hydrogen-bond donors (Lipinski definition) is 1. The highest BCUT2D eigenvalue weighted by molar-refractivity contribution is 5.17. The zero-order valence-electron chi connectivity index (χ0n) is 9.88. The number of rotatable bonds is 4. The Hall–Kier alpha value is -1.00. The fourth-order valence-electron chi connectivity index (χ4n) is 2.11. The van der Waals surface area contributed by atoms with Gasteiger partial charge in [0.25, 0.3) is 0 Å². The van der Waals surface area contributed by atoms with Crippen LogP contribution in [0.1, 0.15) is 18.9 Å². The maximum atomic E-state index is 13.0. The van der Waals surface area contributed by atoms with Crippen molar-refractivity contribution < 1.29 is 13.5 Å². The molecule has 1 aliphatic heterocycles. The van der Waals surface area contributed by atoms with Crippen LogP contribution in [0, 0.1) is 17.6 Å². The molecule has 2 nitrogen and oxygen atoms in total. The molecule has 1 fully saturated rings. The van der Waals surface area contributed by atoms with Gasteiger partial charge in [-0.05, 0) is 37.0 Å². The fraction of sp³-hybridized carbons (Fsp3) is 0.538. The molecule has 2 atom stereocenters. The lowest BCUT2D eigenvalue weighted by molar-refractivity contribution is 0.178. The second kappa shape index (κ2) is 5.56. The molecule has 2 unspecified atom stereocenters. The Bertz CT molecular complexity index is 357. The van der Waals surface area contributed by atoms with Crippen LogP contribution in [0.2, 0.25) is 0 Å². The quantitative estimate of drug-likeness (QED) is 0.874. The van der Waals surface area contributed by atoms with Crippen LogP contribution in [0.3, 0.4) is 0 Å². The second-order valence-corrected chi connectivity index (χ2v) is 4.57. The summed E-state index contributed by atoms with van der Waals surface area (Å²) >= 11 is 0. The first-order chi connectivity index (χ1) is 8.15. The van der Waals surface area contributed by atoms with Gasteiger partial charge in [0.2, 0.25) is 0 Å². The van der Waals surface area contributed by atoms with Gasteiger partial charge in [0.05, 0.1) is 6.61 Å². The summed E-state index contributed by atoms with van der Waals surface area (Å²) in [5, 5.41) is 3.28. The molecule has 0 spiro atoms. The second-order valence-electron chi connectivity index (χ2n) is 4.57. The van der Waals surface area contributed by atoms with E-state index in [9.17, 15) is 8.78 Å². The maximum Gasteiger partial charge on any atom is 0.126 e. The van der Waals surface area contributed by atoms with Crippen LogP contribution >= 0.6 is 0 Å². The van der Waals surface area contributed by atoms with Crippen LogP contribution in [-0.2, 0) is 11.3 Å². The first kappa shape index (κ1) is 12.5. The molecule has 0 amide bonds. The van der Waals surface area contributed by atoms with Crippen LogP contribution in [-0.4, -0.2) is 19.3 Å². The SMILES string of the molecule is CC(NCc1cc(F)cc(F)c1)C1CCOC1. The van der Waals surface area contributed by atoms with Crippen molar-refractivity contribution in [2.24, 2.45) is 5.92 Å². The van der Waals surface area contributed by atoms with Crippen LogP contribution in [0.5, 0.6) is 0 Å². The van der Waals surface area contributed by atoms with Crippen molar-refractivity contribution in [1.82, 2.24) is 5.32 Å². The molecule has 0 aliphatic carbocycles. The van der Waals surface area contributed by atoms with Crippen molar-refractivity contribution in [3.8, 4) is 0 Å². The summed E-state index contributed by atoms with van der Waals surface area (Å²) in [5.41, 5.74) is 0.633. The van der Waals surface area contributed by atoms with Gasteiger partial charge in [0.15, 0.2) is 0 Å². The van der Waals surface area contributed by atoms with E-state index in [1.165, 1.54) is 12.1 Å². The van der Waals surface area contributed by atoms with Gasteiger partial charge < -0.3 is 10.1 Å². The average Bonchev–Trinajstić information content (AvgIpc) is 2.78. The molecular formula is C13H17F2NO. The minimum Gasteiger partial charge on any atom is -0.381 e. The summed E-state index contributed by atoms with van der Waals surface area (Å²) in [4.78, 5) is 0. The third kappa shape index (κ3) is 3.48. The monoisotopic (exact) mass is 241 g/mol. The molecule has 1 heterocycles. The van der Waals surface area contributed by atoms with E-state index in [0.29, 0.717) is 24.1 Å². The maximum absolute atomic E-state index is 13.0. The highest BCUT2D eigenvalue weighted by atomic mass is 19.1. The molecule has 1 aromatic carbocycles. The first-order valence-corrected chi connectivity index (χ1v) is 5.91. The third-order valence-corrected chi connectivity index (χ3v) is 3.22. The molecule has 94 valence electrons. The summed E-state index contributed by atoms with van der Waals surface area (Å²) in [6.07, 6.45) is 1.05. The highest BCUT2D eigenvalue weighted by Crippen LogP contribution is 2.17. The molecule has 17 heavy (non-hydrogen) atoms. The topological polar surface area (TPSA) is 21.3 Å². The van der Waals surface area contributed by atoms with E-state index in [4.69, 9.17) is 4.74 Å². The van der Waals surface area contributed by atoms with E-state index in [1.54, 1.807) is 0 Å². The lowest BCUT2D eigenvalue weighted by atomic mass is 10.0. The molecule has 0 aromatic heterocycles. The van der Waals surface area contributed by atoms with Gasteiger partial charge in [-0.3, -0.25) is 0 Å². The molecule has 1 N–H and O–H groups in total. The van der Waals surface area contributed by atoms with Crippen molar-refractivity contribution in [2.75, 3.05) is 13.2 Å². The van der Waals surface area contributed by atoms with Crippen molar-refractivity contribution in [2.45, 2.75) is 25.9 Å². The zero-order valence-corrected chi connectivity index (χ0v) is 9.88. The van der Waals surface area contributed by atoms with Crippen molar-refractivity contribution in [1.29, 1.82) is 0 Å². The molecule has 0 saturated carbocycles. The minimum atomic E-state index is -0.529. The molecule has 1 saturated heterocycles. The van der Waals surface area contributed by atoms with Gasteiger partial charge in [-0.1, -0.05) is 0 Å². The number of hydrogen-bond acceptors (Lipinski definition) is 2. The molecule has 2 rings (SSSR count). The summed E-state index contributed by atoms with van der Waals surface area (Å²) in [5.74, 6) is -0.564. The Morgan fingerprint density at radius 3 is 2.65 bits per heavy atom. The lowest BCUT2D eigenvalue weighted by Gasteiger charge is -2.19. The number of nitrogens with one attached hydrogen (secondary N) is 1. The normalized spacial score (nSPS) is 21.7. The van der Waals surface area contributed by atoms with Crippen LogP contribution in [0.4, 0.5) is 8.78 Å². The number of ether oxygens (including phenoxy) is 1. The Morgan fingerprint density at radius 2 is 2.06 bits per heavy atom. The molecule has 1 aliphatic rings. The van der Waals surface area contributed by atoms with E-state index in [-0.39, 0.29) is 0 Å². The molecule has 1 aromatic rings. The van der Waals surface area contributed by atoms with Crippen molar-refractivity contribution >= 4 is 0 Å². The van der Waals surface area contributed by atoms with Crippen LogP contribution in [0.15, 0.2) is 18.2 Å². The Kier molecular flexibility index (Phi) is 4.07. The lowest BCUT2D eigenvalue weighted by Crippen LogP contribution is -2.33. The summed E-state index contributed by atoms with van der Waals surface area (Å²) < 4.78 is 31.2. The summed E-state index contributed by atoms with van der Waals surface area (Å²) in [7, 11) is 0. The third-order valence-electron chi connectivity index (χ3n) is 3.22. The zero-order chi connectivity index (χ0) is 12.3. The minimum absolute atomic E-state index is 0.295. The average molecular weight is 241 g/mol. The number of benzene rings is 1. The molecular weight excluding hydrogens is 224 g/mol. The van der Waals surface area contributed by atoms with Gasteiger partial charge in [-0.25, -0.2) is 8.78 Å². The molecule has 0 radical (unpaired) electrons. The van der Waals surface area contributed by atoms with Gasteiger partial charge in [0, 0.05) is 25.3 Å². The Balaban J connectivity index is 1.88. The van der Waals surface area contributed by atoms with Gasteiger partial charge in [-0.2, -0.15) is 0 Å². The van der Waals surface area contributed by atoms with Gasteiger partial charge in [0.1, 0.15) is 11.6 Å². The Morgan fingerprint density at radius 1 is 1.35 bits per heavy atom. The molecule has 4 heteroatoms. The Labute approximate surface area is 100.0 Å². The van der Waals surface area contributed by atoms with Gasteiger partial charge >= 0.3 is 0 Å². The molecule has 0 bridgehead atoms. The van der Waals surface area contributed by atoms with E-state index >= 15 is 0 Å². The predicted molar refractivity (Wildman–Crippen MR) is 61.6 cm³/mol. The predicted octanol–water partition coefficient (Wildman–Crippen LogP) is 2.48. The smallest absolute Gasteiger partial charge is 0.126 e. The van der Waals surface area contributed by atoms with E-state index in [2.05, 4.69) is 12.2 Å². The van der Waals surface area contributed by atoms with E-state index in [0.717, 1.165) is 25.7 Å². The van der Waals surface area contributed by atoms with E-state index < -0.39 is 11.6 Å². The van der Waals surface area contributed by atoms with E-state index in [1.807, 2.05) is 0 Å². The number of halogens is 2. The fourth-order valence-corrected chi connectivity index (χ4v) is 2.11. The summed E-state index contributed by atoms with van der Waals surface area (Å²) in [6, 6.07) is 3.89. The standard InChI is InChI=1S/C13H17F2NO/c1-9(11-2-3-17-8-11)16-7-10-4-12(14)6-13(15)5-10/h4-6,9,11,16H,2-3,7-8H2,1H3. The van der Waals surface area contributed by atoms with Crippen LogP contribution in [0.25, 0.3) is 0 Å².